The van der Waals surface area contributed by atoms with Gasteiger partial charge in [0.15, 0.2) is 5.16 Å². The third-order valence-corrected chi connectivity index (χ3v) is 9.20. The first-order valence-electron chi connectivity index (χ1n) is 14.5. The smallest absolute Gasteiger partial charge is 0.257 e. The molecule has 4 aromatic rings. The van der Waals surface area contributed by atoms with Crippen molar-refractivity contribution in [2.75, 3.05) is 31.9 Å². The minimum Gasteiger partial charge on any atom is -0.340 e. The Labute approximate surface area is 257 Å². The van der Waals surface area contributed by atoms with Gasteiger partial charge in [0, 0.05) is 68.1 Å². The molecule has 3 aromatic carbocycles. The van der Waals surface area contributed by atoms with Gasteiger partial charge in [0.1, 0.15) is 0 Å². The minimum atomic E-state index is -0.0387. The number of piperazine rings is 1. The van der Waals surface area contributed by atoms with Gasteiger partial charge in [-0.05, 0) is 42.2 Å². The first-order chi connectivity index (χ1) is 20.4. The Bertz CT molecular complexity index is 1510. The molecule has 0 bridgehead atoms. The van der Waals surface area contributed by atoms with E-state index >= 15 is 0 Å². The fraction of sp³-hybridized carbons (Fsp3) is 0.324. The van der Waals surface area contributed by atoms with Crippen molar-refractivity contribution in [3.05, 3.63) is 128 Å². The Hall–Kier alpha value is -3.39. The summed E-state index contributed by atoms with van der Waals surface area (Å²) >= 11 is 7.66. The number of thioether (sulfide) groups is 1. The van der Waals surface area contributed by atoms with E-state index in [4.69, 9.17) is 16.6 Å². The average Bonchev–Trinajstić information content (AvgIpc) is 3.01. The van der Waals surface area contributed by atoms with Crippen LogP contribution in [0.3, 0.4) is 0 Å². The maximum atomic E-state index is 13.1. The lowest BCUT2D eigenvalue weighted by atomic mass is 9.96. The van der Waals surface area contributed by atoms with Gasteiger partial charge in [-0.1, -0.05) is 96.2 Å². The zero-order chi connectivity index (χ0) is 29.5. The van der Waals surface area contributed by atoms with Gasteiger partial charge in [-0.2, -0.15) is 0 Å². The molecule has 1 amide bonds. The van der Waals surface area contributed by atoms with Gasteiger partial charge in [0.2, 0.25) is 5.91 Å². The highest BCUT2D eigenvalue weighted by Crippen LogP contribution is 2.29. The van der Waals surface area contributed by atoms with Crippen molar-refractivity contribution in [2.24, 2.45) is 7.05 Å². The largest absolute Gasteiger partial charge is 0.340 e. The molecule has 5 rings (SSSR count). The number of halogens is 1. The zero-order valence-corrected chi connectivity index (χ0v) is 25.8. The summed E-state index contributed by atoms with van der Waals surface area (Å²) in [6.45, 7) is 5.01. The lowest BCUT2D eigenvalue weighted by molar-refractivity contribution is -0.133. The quantitative estimate of drug-likeness (QED) is 0.124. The van der Waals surface area contributed by atoms with E-state index in [1.54, 1.807) is 11.6 Å². The van der Waals surface area contributed by atoms with Gasteiger partial charge < -0.3 is 4.90 Å². The minimum absolute atomic E-state index is 0.0387. The van der Waals surface area contributed by atoms with Crippen LogP contribution in [0.25, 0.3) is 0 Å². The molecule has 0 saturated carbocycles. The summed E-state index contributed by atoms with van der Waals surface area (Å²) in [4.78, 5) is 35.4. The van der Waals surface area contributed by atoms with Crippen molar-refractivity contribution in [3.63, 3.8) is 0 Å². The Morgan fingerprint density at radius 1 is 0.929 bits per heavy atom. The first kappa shape index (κ1) is 30.1. The molecule has 0 spiro atoms. The number of amides is 1. The molecule has 1 fully saturated rings. The number of aryl methyl sites for hydroxylation is 1. The van der Waals surface area contributed by atoms with Crippen molar-refractivity contribution in [1.29, 1.82) is 0 Å². The number of hydrogen-bond acceptors (Lipinski definition) is 5. The predicted molar refractivity (Wildman–Crippen MR) is 171 cm³/mol. The normalized spacial score (nSPS) is 14.0. The molecular weight excluding hydrogens is 564 g/mol. The van der Waals surface area contributed by atoms with Crippen LogP contribution in [0.4, 0.5) is 0 Å². The molecule has 0 N–H and O–H groups in total. The number of hydrogen-bond donors (Lipinski definition) is 0. The second-order valence-electron chi connectivity index (χ2n) is 10.7. The van der Waals surface area contributed by atoms with Crippen LogP contribution in [0.5, 0.6) is 0 Å². The highest BCUT2D eigenvalue weighted by atomic mass is 35.5. The van der Waals surface area contributed by atoms with Crippen molar-refractivity contribution in [2.45, 2.75) is 37.4 Å². The number of nitrogens with zero attached hydrogens (tertiary/aromatic N) is 4. The van der Waals surface area contributed by atoms with Gasteiger partial charge >= 0.3 is 0 Å². The van der Waals surface area contributed by atoms with Crippen LogP contribution in [0.15, 0.2) is 94.9 Å². The fourth-order valence-corrected chi connectivity index (χ4v) is 6.74. The summed E-state index contributed by atoms with van der Waals surface area (Å²) in [6.07, 6.45) is 1.73. The third kappa shape index (κ3) is 7.33. The highest BCUT2D eigenvalue weighted by molar-refractivity contribution is 7.99. The molecule has 0 unspecified atom stereocenters. The van der Waals surface area contributed by atoms with E-state index in [2.05, 4.69) is 65.6 Å². The summed E-state index contributed by atoms with van der Waals surface area (Å²) < 4.78 is 1.62. The van der Waals surface area contributed by atoms with E-state index < -0.39 is 0 Å². The summed E-state index contributed by atoms with van der Waals surface area (Å²) in [7, 11) is 1.77. The maximum absolute atomic E-state index is 13.1. The molecule has 6 nitrogen and oxygen atoms in total. The van der Waals surface area contributed by atoms with Gasteiger partial charge in [-0.15, -0.1) is 0 Å². The van der Waals surface area contributed by atoms with Crippen LogP contribution >= 0.6 is 23.4 Å². The standard InChI is InChI=1S/C34H37ClN4O2S/c1-25-30(24-26-11-9-16-29(35)23-26)33(41)37(2)34(36-25)42-22-10-17-31(40)38-18-20-39(21-19-38)32(27-12-5-3-6-13-27)28-14-7-4-8-15-28/h3-9,11-16,23,32H,10,17-22,24H2,1-2H3. The van der Waals surface area contributed by atoms with Gasteiger partial charge in [0.05, 0.1) is 6.04 Å². The summed E-state index contributed by atoms with van der Waals surface area (Å²) in [5.74, 6) is 0.921. The van der Waals surface area contributed by atoms with Crippen molar-refractivity contribution in [3.8, 4) is 0 Å². The van der Waals surface area contributed by atoms with Crippen LogP contribution in [0.1, 0.15) is 46.8 Å². The molecule has 42 heavy (non-hydrogen) atoms. The van der Waals surface area contributed by atoms with Crippen LogP contribution in [0, 0.1) is 6.92 Å². The molecule has 1 aromatic heterocycles. The number of carbonyl (C=O) groups is 1. The molecule has 2 heterocycles. The van der Waals surface area contributed by atoms with E-state index in [1.165, 1.54) is 22.9 Å². The monoisotopic (exact) mass is 600 g/mol. The van der Waals surface area contributed by atoms with Crippen LogP contribution in [-0.2, 0) is 18.3 Å². The van der Waals surface area contributed by atoms with Gasteiger partial charge in [0.25, 0.3) is 5.56 Å². The molecular formula is C34H37ClN4O2S. The average molecular weight is 601 g/mol. The maximum Gasteiger partial charge on any atom is 0.257 e. The van der Waals surface area contributed by atoms with Gasteiger partial charge in [-0.25, -0.2) is 4.98 Å². The van der Waals surface area contributed by atoms with Crippen LogP contribution in [0.2, 0.25) is 5.02 Å². The number of carbonyl (C=O) groups excluding carboxylic acids is 1. The van der Waals surface area contributed by atoms with E-state index in [0.29, 0.717) is 28.6 Å². The van der Waals surface area contributed by atoms with E-state index in [-0.39, 0.29) is 17.5 Å². The van der Waals surface area contributed by atoms with Crippen LogP contribution < -0.4 is 5.56 Å². The number of benzene rings is 3. The van der Waals surface area contributed by atoms with E-state index in [0.717, 1.165) is 49.6 Å². The molecule has 0 aliphatic carbocycles. The topological polar surface area (TPSA) is 58.4 Å². The Kier molecular flexibility index (Phi) is 10.2. The SMILES string of the molecule is Cc1nc(SCCCC(=O)N2CCN(C(c3ccccc3)c3ccccc3)CC2)n(C)c(=O)c1Cc1cccc(Cl)c1. The predicted octanol–water partition coefficient (Wildman–Crippen LogP) is 6.14. The van der Waals surface area contributed by atoms with Crippen molar-refractivity contribution >= 4 is 29.3 Å². The van der Waals surface area contributed by atoms with E-state index in [1.807, 2.05) is 36.1 Å². The number of rotatable bonds is 10. The molecule has 0 atom stereocenters. The summed E-state index contributed by atoms with van der Waals surface area (Å²) in [5, 5.41) is 1.34. The lowest BCUT2D eigenvalue weighted by Crippen LogP contribution is -2.49. The lowest BCUT2D eigenvalue weighted by Gasteiger charge is -2.40. The first-order valence-corrected chi connectivity index (χ1v) is 15.8. The van der Waals surface area contributed by atoms with Gasteiger partial charge in [-0.3, -0.25) is 19.1 Å². The summed E-state index contributed by atoms with van der Waals surface area (Å²) in [6, 6.07) is 29.0. The van der Waals surface area contributed by atoms with E-state index in [9.17, 15) is 9.59 Å². The summed E-state index contributed by atoms with van der Waals surface area (Å²) in [5.41, 5.74) is 4.91. The molecule has 1 aliphatic heterocycles. The van der Waals surface area contributed by atoms with Crippen LogP contribution in [-0.4, -0.2) is 57.2 Å². The van der Waals surface area contributed by atoms with Crippen molar-refractivity contribution in [1.82, 2.24) is 19.4 Å². The molecule has 0 radical (unpaired) electrons. The number of aromatic nitrogens is 2. The van der Waals surface area contributed by atoms with Crippen molar-refractivity contribution < 1.29 is 4.79 Å². The molecule has 218 valence electrons. The highest BCUT2D eigenvalue weighted by Gasteiger charge is 2.28. The fourth-order valence-electron chi connectivity index (χ4n) is 5.57. The molecule has 8 heteroatoms. The second kappa shape index (κ2) is 14.2. The Balaban J connectivity index is 1.12. The Morgan fingerprint density at radius 3 is 2.19 bits per heavy atom. The zero-order valence-electron chi connectivity index (χ0n) is 24.2. The third-order valence-electron chi connectivity index (χ3n) is 7.85. The Morgan fingerprint density at radius 2 is 1.57 bits per heavy atom. The molecule has 1 aliphatic rings. The second-order valence-corrected chi connectivity index (χ2v) is 12.2. The molecule has 1 saturated heterocycles.